The van der Waals surface area contributed by atoms with Crippen LogP contribution in [0.1, 0.15) is 38.3 Å². The van der Waals surface area contributed by atoms with Crippen molar-refractivity contribution in [3.05, 3.63) is 35.9 Å². The van der Waals surface area contributed by atoms with Gasteiger partial charge in [0, 0.05) is 31.2 Å². The SMILES string of the molecule is CCOC(OCC)C1([C@@H](CN)N[C@@H](CO)c2ccccc2)CC1. The number of aliphatic hydroxyl groups is 1. The minimum Gasteiger partial charge on any atom is -0.394 e. The van der Waals surface area contributed by atoms with Crippen molar-refractivity contribution in [2.24, 2.45) is 11.1 Å². The zero-order valence-electron chi connectivity index (χ0n) is 14.2. The summed E-state index contributed by atoms with van der Waals surface area (Å²) in [6.07, 6.45) is 1.81. The van der Waals surface area contributed by atoms with Gasteiger partial charge in [0.05, 0.1) is 12.6 Å². The van der Waals surface area contributed by atoms with Crippen LogP contribution in [-0.4, -0.2) is 43.8 Å². The van der Waals surface area contributed by atoms with E-state index >= 15 is 0 Å². The molecule has 2 atom stereocenters. The molecule has 130 valence electrons. The van der Waals surface area contributed by atoms with E-state index in [2.05, 4.69) is 5.32 Å². The number of nitrogens with one attached hydrogen (secondary N) is 1. The first kappa shape index (κ1) is 18.4. The van der Waals surface area contributed by atoms with Crippen LogP contribution in [0, 0.1) is 5.41 Å². The standard InChI is InChI=1S/C18H30N2O3/c1-3-22-17(23-4-2)18(10-11-18)16(12-19)20-15(13-21)14-8-6-5-7-9-14/h5-9,15-17,20-21H,3-4,10-13,19H2,1-2H3/t15-,16+/m0/s1. The summed E-state index contributed by atoms with van der Waals surface area (Å²) >= 11 is 0. The lowest BCUT2D eigenvalue weighted by molar-refractivity contribution is -0.182. The first-order valence-corrected chi connectivity index (χ1v) is 8.57. The van der Waals surface area contributed by atoms with Gasteiger partial charge in [0.25, 0.3) is 0 Å². The molecule has 0 saturated heterocycles. The van der Waals surface area contributed by atoms with Gasteiger partial charge in [0.1, 0.15) is 0 Å². The van der Waals surface area contributed by atoms with Crippen LogP contribution in [0.25, 0.3) is 0 Å². The first-order valence-electron chi connectivity index (χ1n) is 8.57. The van der Waals surface area contributed by atoms with Gasteiger partial charge in [-0.3, -0.25) is 0 Å². The zero-order valence-corrected chi connectivity index (χ0v) is 14.2. The fourth-order valence-electron chi connectivity index (χ4n) is 3.23. The highest BCUT2D eigenvalue weighted by Gasteiger charge is 2.56. The lowest BCUT2D eigenvalue weighted by Crippen LogP contribution is -2.51. The van der Waals surface area contributed by atoms with Gasteiger partial charge in [-0.2, -0.15) is 0 Å². The summed E-state index contributed by atoms with van der Waals surface area (Å²) in [6, 6.07) is 9.88. The lowest BCUT2D eigenvalue weighted by Gasteiger charge is -2.35. The minimum absolute atomic E-state index is 0.0323. The van der Waals surface area contributed by atoms with Crippen LogP contribution in [0.5, 0.6) is 0 Å². The summed E-state index contributed by atoms with van der Waals surface area (Å²) in [6.45, 7) is 5.71. The Morgan fingerprint density at radius 3 is 2.22 bits per heavy atom. The zero-order chi connectivity index (χ0) is 16.7. The van der Waals surface area contributed by atoms with E-state index < -0.39 is 0 Å². The normalized spacial score (nSPS) is 18.8. The Kier molecular flexibility index (Phi) is 6.99. The average Bonchev–Trinajstić information content (AvgIpc) is 3.38. The van der Waals surface area contributed by atoms with Crippen LogP contribution in [0.4, 0.5) is 0 Å². The first-order chi connectivity index (χ1) is 11.2. The van der Waals surface area contributed by atoms with Gasteiger partial charge in [-0.25, -0.2) is 0 Å². The Morgan fingerprint density at radius 2 is 1.78 bits per heavy atom. The second kappa shape index (κ2) is 8.76. The Bertz CT molecular complexity index is 445. The maximum Gasteiger partial charge on any atom is 0.164 e. The molecule has 2 rings (SSSR count). The highest BCUT2D eigenvalue weighted by Crippen LogP contribution is 2.53. The van der Waals surface area contributed by atoms with E-state index in [0.717, 1.165) is 18.4 Å². The molecule has 1 aromatic carbocycles. The maximum atomic E-state index is 9.79. The molecule has 1 fully saturated rings. The molecule has 0 spiro atoms. The van der Waals surface area contributed by atoms with E-state index in [1.165, 1.54) is 0 Å². The van der Waals surface area contributed by atoms with Crippen LogP contribution >= 0.6 is 0 Å². The number of benzene rings is 1. The van der Waals surface area contributed by atoms with E-state index in [0.29, 0.717) is 19.8 Å². The second-order valence-electron chi connectivity index (χ2n) is 6.08. The Hall–Kier alpha value is -0.980. The highest BCUT2D eigenvalue weighted by molar-refractivity contribution is 5.20. The molecule has 0 radical (unpaired) electrons. The van der Waals surface area contributed by atoms with E-state index in [-0.39, 0.29) is 30.4 Å². The van der Waals surface area contributed by atoms with E-state index in [1.54, 1.807) is 0 Å². The molecule has 1 saturated carbocycles. The van der Waals surface area contributed by atoms with Crippen molar-refractivity contribution in [3.8, 4) is 0 Å². The molecule has 0 unspecified atom stereocenters. The maximum absolute atomic E-state index is 9.79. The van der Waals surface area contributed by atoms with Crippen LogP contribution < -0.4 is 11.1 Å². The summed E-state index contributed by atoms with van der Waals surface area (Å²) in [7, 11) is 0. The summed E-state index contributed by atoms with van der Waals surface area (Å²) in [4.78, 5) is 0. The molecule has 23 heavy (non-hydrogen) atoms. The Balaban J connectivity index is 2.11. The lowest BCUT2D eigenvalue weighted by atomic mass is 9.93. The van der Waals surface area contributed by atoms with Gasteiger partial charge in [-0.15, -0.1) is 0 Å². The van der Waals surface area contributed by atoms with Crippen molar-refractivity contribution < 1.29 is 14.6 Å². The number of hydrogen-bond donors (Lipinski definition) is 3. The van der Waals surface area contributed by atoms with Gasteiger partial charge >= 0.3 is 0 Å². The molecule has 0 heterocycles. The minimum atomic E-state index is -0.242. The van der Waals surface area contributed by atoms with Gasteiger partial charge in [0.15, 0.2) is 6.29 Å². The van der Waals surface area contributed by atoms with Crippen LogP contribution in [0.3, 0.4) is 0 Å². The van der Waals surface area contributed by atoms with Crippen molar-refractivity contribution in [1.29, 1.82) is 0 Å². The number of nitrogens with two attached hydrogens (primary N) is 1. The fourth-order valence-corrected chi connectivity index (χ4v) is 3.23. The van der Waals surface area contributed by atoms with Gasteiger partial charge in [0.2, 0.25) is 0 Å². The highest BCUT2D eigenvalue weighted by atomic mass is 16.7. The third kappa shape index (κ3) is 4.31. The van der Waals surface area contributed by atoms with E-state index in [4.69, 9.17) is 15.2 Å². The fraction of sp³-hybridized carbons (Fsp3) is 0.667. The molecule has 0 amide bonds. The summed E-state index contributed by atoms with van der Waals surface area (Å²) in [5, 5.41) is 13.3. The number of ether oxygens (including phenoxy) is 2. The second-order valence-corrected chi connectivity index (χ2v) is 6.08. The Labute approximate surface area is 139 Å². The Morgan fingerprint density at radius 1 is 1.17 bits per heavy atom. The third-order valence-electron chi connectivity index (χ3n) is 4.65. The van der Waals surface area contributed by atoms with Gasteiger partial charge in [-0.05, 0) is 32.3 Å². The van der Waals surface area contributed by atoms with Crippen molar-refractivity contribution in [2.45, 2.75) is 45.1 Å². The van der Waals surface area contributed by atoms with Crippen molar-refractivity contribution >= 4 is 0 Å². The molecule has 4 N–H and O–H groups in total. The molecule has 0 bridgehead atoms. The number of aliphatic hydroxyl groups excluding tert-OH is 1. The van der Waals surface area contributed by atoms with E-state index in [1.807, 2.05) is 44.2 Å². The molecule has 0 aromatic heterocycles. The summed E-state index contributed by atoms with van der Waals surface area (Å²) < 4.78 is 11.7. The summed E-state index contributed by atoms with van der Waals surface area (Å²) in [5.74, 6) is 0. The van der Waals surface area contributed by atoms with Crippen LogP contribution in [-0.2, 0) is 9.47 Å². The largest absolute Gasteiger partial charge is 0.394 e. The molecular formula is C18H30N2O3. The molecule has 1 aliphatic rings. The quantitative estimate of drug-likeness (QED) is 0.542. The van der Waals surface area contributed by atoms with Gasteiger partial charge < -0.3 is 25.6 Å². The molecule has 1 aliphatic carbocycles. The third-order valence-corrected chi connectivity index (χ3v) is 4.65. The molecule has 5 nitrogen and oxygen atoms in total. The molecule has 0 aliphatic heterocycles. The number of rotatable bonds is 11. The summed E-state index contributed by atoms with van der Waals surface area (Å²) in [5.41, 5.74) is 7.02. The molecule has 1 aromatic rings. The van der Waals surface area contributed by atoms with Crippen LogP contribution in [0.15, 0.2) is 30.3 Å². The van der Waals surface area contributed by atoms with Crippen LogP contribution in [0.2, 0.25) is 0 Å². The van der Waals surface area contributed by atoms with E-state index in [9.17, 15) is 5.11 Å². The smallest absolute Gasteiger partial charge is 0.164 e. The predicted octanol–water partition coefficient (Wildman–Crippen LogP) is 1.82. The topological polar surface area (TPSA) is 76.7 Å². The monoisotopic (exact) mass is 322 g/mol. The predicted molar refractivity (Wildman–Crippen MR) is 91.0 cm³/mol. The van der Waals surface area contributed by atoms with Crippen molar-refractivity contribution in [1.82, 2.24) is 5.32 Å². The van der Waals surface area contributed by atoms with Gasteiger partial charge in [-0.1, -0.05) is 30.3 Å². The molecule has 5 heteroatoms. The van der Waals surface area contributed by atoms with Crippen molar-refractivity contribution in [2.75, 3.05) is 26.4 Å². The number of hydrogen-bond acceptors (Lipinski definition) is 5. The molecular weight excluding hydrogens is 292 g/mol. The average molecular weight is 322 g/mol. The van der Waals surface area contributed by atoms with Crippen molar-refractivity contribution in [3.63, 3.8) is 0 Å².